The van der Waals surface area contributed by atoms with Gasteiger partial charge in [-0.05, 0) is 31.1 Å². The van der Waals surface area contributed by atoms with Gasteiger partial charge < -0.3 is 4.74 Å². The highest BCUT2D eigenvalue weighted by Crippen LogP contribution is 2.41. The molecule has 2 saturated heterocycles. The van der Waals surface area contributed by atoms with Crippen LogP contribution in [-0.4, -0.2) is 12.2 Å². The highest BCUT2D eigenvalue weighted by Gasteiger charge is 2.40. The van der Waals surface area contributed by atoms with E-state index in [0.29, 0.717) is 12.2 Å². The molecule has 2 aliphatic heterocycles. The van der Waals surface area contributed by atoms with Gasteiger partial charge in [0, 0.05) is 6.42 Å². The fourth-order valence-electron chi connectivity index (χ4n) is 2.86. The monoisotopic (exact) mass is 196 g/mol. The predicted molar refractivity (Wildman–Crippen MR) is 59.3 cm³/mol. The van der Waals surface area contributed by atoms with Gasteiger partial charge in [0.05, 0.1) is 12.2 Å². The van der Waals surface area contributed by atoms with Crippen molar-refractivity contribution in [1.29, 1.82) is 0 Å². The molecule has 3 atom stereocenters. The largest absolute Gasteiger partial charge is 0.375 e. The lowest BCUT2D eigenvalue weighted by Crippen LogP contribution is -2.47. The molecule has 14 heavy (non-hydrogen) atoms. The Morgan fingerprint density at radius 2 is 2.00 bits per heavy atom. The van der Waals surface area contributed by atoms with Crippen molar-refractivity contribution in [2.75, 3.05) is 0 Å². The lowest BCUT2D eigenvalue weighted by atomic mass is 9.77. The number of fused-ring (bicyclic) bond motifs is 2. The maximum Gasteiger partial charge on any atom is 0.0631 e. The Morgan fingerprint density at radius 3 is 2.57 bits per heavy atom. The Hall–Kier alpha value is -0.0400. The second-order valence-electron chi connectivity index (χ2n) is 5.55. The van der Waals surface area contributed by atoms with E-state index in [9.17, 15) is 0 Å². The van der Waals surface area contributed by atoms with E-state index in [1.165, 1.54) is 44.9 Å². The lowest BCUT2D eigenvalue weighted by molar-refractivity contribution is -0.186. The van der Waals surface area contributed by atoms with Gasteiger partial charge in [0.15, 0.2) is 0 Å². The van der Waals surface area contributed by atoms with Gasteiger partial charge in [-0.25, -0.2) is 0 Å². The molecule has 3 rings (SSSR count). The SMILES string of the molecule is CC(C)CCCCC1CCC2CC1O2. The van der Waals surface area contributed by atoms with Crippen LogP contribution in [0.25, 0.3) is 0 Å². The summed E-state index contributed by atoms with van der Waals surface area (Å²) < 4.78 is 5.77. The van der Waals surface area contributed by atoms with Gasteiger partial charge in [-0.2, -0.15) is 0 Å². The Kier molecular flexibility index (Phi) is 3.48. The number of hydrogen-bond acceptors (Lipinski definition) is 1. The van der Waals surface area contributed by atoms with E-state index in [4.69, 9.17) is 4.74 Å². The number of unbranched alkanes of at least 4 members (excludes halogenated alkanes) is 1. The van der Waals surface area contributed by atoms with Gasteiger partial charge in [-0.1, -0.05) is 33.1 Å². The topological polar surface area (TPSA) is 9.23 Å². The summed E-state index contributed by atoms with van der Waals surface area (Å²) in [5.41, 5.74) is 0. The molecule has 0 aromatic carbocycles. The molecular formula is C13H24O. The summed E-state index contributed by atoms with van der Waals surface area (Å²) in [5, 5.41) is 0. The van der Waals surface area contributed by atoms with E-state index in [2.05, 4.69) is 13.8 Å². The van der Waals surface area contributed by atoms with E-state index in [1.807, 2.05) is 0 Å². The summed E-state index contributed by atoms with van der Waals surface area (Å²) in [4.78, 5) is 0. The molecular weight excluding hydrogens is 172 g/mol. The molecule has 0 spiro atoms. The summed E-state index contributed by atoms with van der Waals surface area (Å²) >= 11 is 0. The molecule has 0 aromatic rings. The Morgan fingerprint density at radius 1 is 1.21 bits per heavy atom. The first-order chi connectivity index (χ1) is 6.75. The van der Waals surface area contributed by atoms with Crippen molar-refractivity contribution in [2.24, 2.45) is 11.8 Å². The van der Waals surface area contributed by atoms with Crippen LogP contribution in [-0.2, 0) is 4.74 Å². The Labute approximate surface area is 88.2 Å². The molecule has 1 aliphatic carbocycles. The molecule has 0 amide bonds. The van der Waals surface area contributed by atoms with Gasteiger partial charge in [-0.3, -0.25) is 0 Å². The minimum absolute atomic E-state index is 0.659. The molecule has 3 unspecified atom stereocenters. The van der Waals surface area contributed by atoms with Gasteiger partial charge in [-0.15, -0.1) is 0 Å². The van der Waals surface area contributed by atoms with Crippen LogP contribution in [0.5, 0.6) is 0 Å². The third-order valence-corrected chi connectivity index (χ3v) is 3.85. The van der Waals surface area contributed by atoms with Crippen molar-refractivity contribution < 1.29 is 4.74 Å². The fourth-order valence-corrected chi connectivity index (χ4v) is 2.86. The third kappa shape index (κ3) is 2.50. The lowest BCUT2D eigenvalue weighted by Gasteiger charge is -2.46. The van der Waals surface area contributed by atoms with Crippen LogP contribution in [0, 0.1) is 11.8 Å². The molecule has 1 nitrogen and oxygen atoms in total. The molecule has 0 aromatic heterocycles. The Bertz CT molecular complexity index is 167. The molecule has 0 N–H and O–H groups in total. The van der Waals surface area contributed by atoms with Crippen molar-refractivity contribution in [3.63, 3.8) is 0 Å². The van der Waals surface area contributed by atoms with E-state index in [-0.39, 0.29) is 0 Å². The van der Waals surface area contributed by atoms with E-state index in [0.717, 1.165) is 11.8 Å². The molecule has 3 aliphatic rings. The average Bonchev–Trinajstić information content (AvgIpc) is 2.11. The van der Waals surface area contributed by atoms with Crippen LogP contribution in [0.4, 0.5) is 0 Å². The first-order valence-corrected chi connectivity index (χ1v) is 6.41. The van der Waals surface area contributed by atoms with Gasteiger partial charge >= 0.3 is 0 Å². The number of hydrogen-bond donors (Lipinski definition) is 0. The highest BCUT2D eigenvalue weighted by molar-refractivity contribution is 4.89. The summed E-state index contributed by atoms with van der Waals surface area (Å²) in [6, 6.07) is 0. The summed E-state index contributed by atoms with van der Waals surface area (Å²) in [6.07, 6.45) is 11.1. The second kappa shape index (κ2) is 4.65. The van der Waals surface area contributed by atoms with Crippen molar-refractivity contribution in [3.8, 4) is 0 Å². The minimum atomic E-state index is 0.659. The molecule has 1 heteroatoms. The smallest absolute Gasteiger partial charge is 0.0631 e. The van der Waals surface area contributed by atoms with Crippen molar-refractivity contribution >= 4 is 0 Å². The first kappa shape index (κ1) is 10.5. The first-order valence-electron chi connectivity index (χ1n) is 6.41. The van der Waals surface area contributed by atoms with Crippen LogP contribution in [0.2, 0.25) is 0 Å². The van der Waals surface area contributed by atoms with E-state index < -0.39 is 0 Å². The molecule has 1 saturated carbocycles. The van der Waals surface area contributed by atoms with Crippen LogP contribution >= 0.6 is 0 Å². The summed E-state index contributed by atoms with van der Waals surface area (Å²) in [6.45, 7) is 4.64. The van der Waals surface area contributed by atoms with Crippen molar-refractivity contribution in [1.82, 2.24) is 0 Å². The maximum absolute atomic E-state index is 5.77. The zero-order chi connectivity index (χ0) is 9.97. The third-order valence-electron chi connectivity index (χ3n) is 3.85. The van der Waals surface area contributed by atoms with E-state index >= 15 is 0 Å². The zero-order valence-corrected chi connectivity index (χ0v) is 9.67. The number of rotatable bonds is 5. The molecule has 2 heterocycles. The predicted octanol–water partition coefficient (Wildman–Crippen LogP) is 3.77. The molecule has 2 bridgehead atoms. The number of ether oxygens (including phenoxy) is 1. The summed E-state index contributed by atoms with van der Waals surface area (Å²) in [5.74, 6) is 1.79. The van der Waals surface area contributed by atoms with Crippen LogP contribution in [0.15, 0.2) is 0 Å². The Balaban J connectivity index is 1.56. The second-order valence-corrected chi connectivity index (χ2v) is 5.55. The van der Waals surface area contributed by atoms with Crippen LogP contribution in [0.1, 0.15) is 58.8 Å². The van der Waals surface area contributed by atoms with Gasteiger partial charge in [0.2, 0.25) is 0 Å². The summed E-state index contributed by atoms with van der Waals surface area (Å²) in [7, 11) is 0. The average molecular weight is 196 g/mol. The van der Waals surface area contributed by atoms with Crippen LogP contribution in [0.3, 0.4) is 0 Å². The van der Waals surface area contributed by atoms with Gasteiger partial charge in [0.25, 0.3) is 0 Å². The standard InChI is InChI=1S/C13H24O/c1-10(2)5-3-4-6-11-7-8-12-9-13(11)14-12/h10-13H,3-9H2,1-2H3. The fraction of sp³-hybridized carbons (Fsp3) is 1.00. The maximum atomic E-state index is 5.77. The molecule has 3 fully saturated rings. The van der Waals surface area contributed by atoms with Crippen LogP contribution < -0.4 is 0 Å². The molecule has 82 valence electrons. The highest BCUT2D eigenvalue weighted by atomic mass is 16.5. The van der Waals surface area contributed by atoms with Crippen molar-refractivity contribution in [3.05, 3.63) is 0 Å². The van der Waals surface area contributed by atoms with Gasteiger partial charge in [0.1, 0.15) is 0 Å². The van der Waals surface area contributed by atoms with E-state index in [1.54, 1.807) is 0 Å². The minimum Gasteiger partial charge on any atom is -0.375 e. The zero-order valence-electron chi connectivity index (χ0n) is 9.67. The van der Waals surface area contributed by atoms with Crippen molar-refractivity contribution in [2.45, 2.75) is 71.0 Å². The normalized spacial score (nSPS) is 35.8. The molecule has 0 radical (unpaired) electrons. The quantitative estimate of drug-likeness (QED) is 0.608.